The van der Waals surface area contributed by atoms with Gasteiger partial charge in [0.2, 0.25) is 5.88 Å². The van der Waals surface area contributed by atoms with E-state index in [4.69, 9.17) is 4.74 Å². The molecule has 0 saturated carbocycles. The van der Waals surface area contributed by atoms with E-state index in [1.165, 1.54) is 7.11 Å². The summed E-state index contributed by atoms with van der Waals surface area (Å²) >= 11 is 0. The zero-order valence-corrected chi connectivity index (χ0v) is 17.6. The Morgan fingerprint density at radius 1 is 1.18 bits per heavy atom. The van der Waals surface area contributed by atoms with Crippen LogP contribution in [0.2, 0.25) is 0 Å². The van der Waals surface area contributed by atoms with Crippen molar-refractivity contribution >= 4 is 29.9 Å². The Morgan fingerprint density at radius 3 is 2.57 bits per heavy atom. The fourth-order valence-corrected chi connectivity index (χ4v) is 2.30. The smallest absolute Gasteiger partial charge is 0.416 e. The highest BCUT2D eigenvalue weighted by molar-refractivity contribution is 14.0. The summed E-state index contributed by atoms with van der Waals surface area (Å²) in [6.07, 6.45) is -4.65. The van der Waals surface area contributed by atoms with Gasteiger partial charge in [0.25, 0.3) is 0 Å². The number of aromatic nitrogens is 1. The maximum Gasteiger partial charge on any atom is 0.416 e. The molecule has 28 heavy (non-hydrogen) atoms. The molecule has 0 saturated heterocycles. The van der Waals surface area contributed by atoms with Crippen molar-refractivity contribution in [2.45, 2.75) is 26.2 Å². The van der Waals surface area contributed by atoms with Crippen LogP contribution >= 0.6 is 24.0 Å². The predicted octanol–water partition coefficient (Wildman–Crippen LogP) is 4.12. The number of methoxy groups -OCH3 is 1. The van der Waals surface area contributed by atoms with E-state index in [1.807, 2.05) is 6.92 Å². The Labute approximate surface area is 177 Å². The fraction of sp³-hybridized carbons (Fsp3) is 0.333. The van der Waals surface area contributed by atoms with Crippen LogP contribution in [0.1, 0.15) is 23.7 Å². The maximum absolute atomic E-state index is 13.2. The van der Waals surface area contributed by atoms with Gasteiger partial charge in [0, 0.05) is 12.6 Å². The average Bonchev–Trinajstić information content (AvgIpc) is 2.64. The summed E-state index contributed by atoms with van der Waals surface area (Å²) in [6.45, 7) is 2.40. The number of rotatable bonds is 6. The highest BCUT2D eigenvalue weighted by Gasteiger charge is 2.33. The van der Waals surface area contributed by atoms with Crippen LogP contribution in [0.4, 0.5) is 17.6 Å². The van der Waals surface area contributed by atoms with E-state index in [1.54, 1.807) is 18.2 Å². The van der Waals surface area contributed by atoms with Gasteiger partial charge in [0.15, 0.2) is 5.96 Å². The minimum absolute atomic E-state index is 0. The number of alkyl halides is 3. The van der Waals surface area contributed by atoms with E-state index in [0.29, 0.717) is 36.7 Å². The largest absolute Gasteiger partial charge is 0.481 e. The molecule has 0 aliphatic rings. The Morgan fingerprint density at radius 2 is 1.93 bits per heavy atom. The molecular weight excluding hydrogens is 491 g/mol. The van der Waals surface area contributed by atoms with Crippen LogP contribution in [0.15, 0.2) is 41.4 Å². The van der Waals surface area contributed by atoms with Gasteiger partial charge in [-0.2, -0.15) is 13.2 Å². The van der Waals surface area contributed by atoms with Crippen molar-refractivity contribution in [2.75, 3.05) is 13.7 Å². The summed E-state index contributed by atoms with van der Waals surface area (Å²) < 4.78 is 57.5. The van der Waals surface area contributed by atoms with Gasteiger partial charge in [-0.05, 0) is 30.7 Å². The monoisotopic (exact) mass is 512 g/mol. The van der Waals surface area contributed by atoms with Crippen LogP contribution in [0, 0.1) is 5.82 Å². The second kappa shape index (κ2) is 11.0. The molecule has 2 aromatic rings. The maximum atomic E-state index is 13.2. The summed E-state index contributed by atoms with van der Waals surface area (Å²) in [5, 5.41) is 5.94. The van der Waals surface area contributed by atoms with Gasteiger partial charge in [0.05, 0.1) is 31.5 Å². The molecule has 0 bridgehead atoms. The summed E-state index contributed by atoms with van der Waals surface area (Å²) in [6, 6.07) is 7.82. The molecule has 0 radical (unpaired) electrons. The van der Waals surface area contributed by atoms with Crippen LogP contribution in [-0.2, 0) is 19.3 Å². The Bertz CT molecular complexity index is 799. The highest BCUT2D eigenvalue weighted by Crippen LogP contribution is 2.32. The zero-order valence-electron chi connectivity index (χ0n) is 15.3. The van der Waals surface area contributed by atoms with Gasteiger partial charge in [-0.1, -0.05) is 12.1 Å². The molecule has 0 spiro atoms. The molecule has 1 aromatic carbocycles. The molecule has 2 N–H and O–H groups in total. The van der Waals surface area contributed by atoms with Gasteiger partial charge in [-0.25, -0.2) is 14.4 Å². The van der Waals surface area contributed by atoms with Crippen molar-refractivity contribution in [1.29, 1.82) is 0 Å². The summed E-state index contributed by atoms with van der Waals surface area (Å²) in [5.74, 6) is -0.166. The number of nitrogens with zero attached hydrogens (tertiary/aromatic N) is 2. The number of pyridine rings is 1. The van der Waals surface area contributed by atoms with Crippen molar-refractivity contribution in [3.05, 3.63) is 59.0 Å². The van der Waals surface area contributed by atoms with Gasteiger partial charge in [0.1, 0.15) is 5.82 Å². The van der Waals surface area contributed by atoms with Gasteiger partial charge in [-0.3, -0.25) is 0 Å². The fourth-order valence-electron chi connectivity index (χ4n) is 2.30. The molecular formula is C18H21F4IN4O. The Hall–Kier alpha value is -2.11. The molecule has 154 valence electrons. The minimum Gasteiger partial charge on any atom is -0.481 e. The van der Waals surface area contributed by atoms with Crippen LogP contribution in [0.25, 0.3) is 0 Å². The number of guanidine groups is 1. The number of hydrogen-bond acceptors (Lipinski definition) is 3. The van der Waals surface area contributed by atoms with Crippen molar-refractivity contribution in [3.63, 3.8) is 0 Å². The van der Waals surface area contributed by atoms with E-state index in [-0.39, 0.29) is 36.1 Å². The van der Waals surface area contributed by atoms with Crippen LogP contribution in [0.5, 0.6) is 5.88 Å². The zero-order chi connectivity index (χ0) is 19.9. The second-order valence-electron chi connectivity index (χ2n) is 5.52. The molecule has 0 aliphatic carbocycles. The van der Waals surface area contributed by atoms with E-state index < -0.39 is 17.6 Å². The highest BCUT2D eigenvalue weighted by atomic mass is 127. The summed E-state index contributed by atoms with van der Waals surface area (Å²) in [4.78, 5) is 8.40. The Balaban J connectivity index is 0.00000392. The molecule has 0 atom stereocenters. The number of aliphatic imine (C=N–C) groups is 1. The second-order valence-corrected chi connectivity index (χ2v) is 5.52. The third-order valence-corrected chi connectivity index (χ3v) is 3.56. The Kier molecular flexibility index (Phi) is 9.42. The number of nitrogens with one attached hydrogen (secondary N) is 2. The SMILES string of the molecule is CCNC(=NCc1ccc(F)cc1C(F)(F)F)NCc1cccc(OC)n1.I. The first-order chi connectivity index (χ1) is 12.8. The topological polar surface area (TPSA) is 58.5 Å². The lowest BCUT2D eigenvalue weighted by atomic mass is 10.1. The first-order valence-corrected chi connectivity index (χ1v) is 8.21. The number of hydrogen-bond donors (Lipinski definition) is 2. The lowest BCUT2D eigenvalue weighted by Gasteiger charge is -2.14. The lowest BCUT2D eigenvalue weighted by Crippen LogP contribution is -2.37. The van der Waals surface area contributed by atoms with Crippen molar-refractivity contribution in [3.8, 4) is 5.88 Å². The molecule has 0 unspecified atom stereocenters. The van der Waals surface area contributed by atoms with Crippen molar-refractivity contribution < 1.29 is 22.3 Å². The van der Waals surface area contributed by atoms with Gasteiger partial charge >= 0.3 is 6.18 Å². The van der Waals surface area contributed by atoms with Gasteiger partial charge in [-0.15, -0.1) is 24.0 Å². The van der Waals surface area contributed by atoms with Crippen molar-refractivity contribution in [1.82, 2.24) is 15.6 Å². The van der Waals surface area contributed by atoms with Crippen LogP contribution < -0.4 is 15.4 Å². The average molecular weight is 512 g/mol. The summed E-state index contributed by atoms with van der Waals surface area (Å²) in [7, 11) is 1.51. The third-order valence-electron chi connectivity index (χ3n) is 3.56. The molecule has 2 rings (SSSR count). The van der Waals surface area contributed by atoms with E-state index in [9.17, 15) is 17.6 Å². The normalized spacial score (nSPS) is 11.6. The van der Waals surface area contributed by atoms with Crippen LogP contribution in [-0.4, -0.2) is 24.6 Å². The minimum atomic E-state index is -4.65. The molecule has 10 heteroatoms. The first kappa shape index (κ1) is 23.9. The van der Waals surface area contributed by atoms with Crippen LogP contribution in [0.3, 0.4) is 0 Å². The molecule has 1 aromatic heterocycles. The molecule has 0 aliphatic heterocycles. The third kappa shape index (κ3) is 7.13. The lowest BCUT2D eigenvalue weighted by molar-refractivity contribution is -0.138. The number of benzene rings is 1. The molecule has 0 amide bonds. The van der Waals surface area contributed by atoms with E-state index in [0.717, 1.165) is 12.1 Å². The number of ether oxygens (including phenoxy) is 1. The van der Waals surface area contributed by atoms with E-state index in [2.05, 4.69) is 20.6 Å². The predicted molar refractivity (Wildman–Crippen MR) is 109 cm³/mol. The molecule has 0 fully saturated rings. The quantitative estimate of drug-likeness (QED) is 0.265. The molecule has 1 heterocycles. The standard InChI is InChI=1S/C18H20F4N4O.HI/c1-3-23-17(25-11-14-5-4-6-16(26-14)27-2)24-10-12-7-8-13(19)9-15(12)18(20,21)22;/h4-9H,3,10-11H2,1-2H3,(H2,23,24,25);1H. The molecule has 5 nitrogen and oxygen atoms in total. The summed E-state index contributed by atoms with van der Waals surface area (Å²) in [5.41, 5.74) is -0.463. The van der Waals surface area contributed by atoms with E-state index >= 15 is 0 Å². The van der Waals surface area contributed by atoms with Gasteiger partial charge < -0.3 is 15.4 Å². The first-order valence-electron chi connectivity index (χ1n) is 8.21. The number of halogens is 5. The van der Waals surface area contributed by atoms with Crippen molar-refractivity contribution in [2.24, 2.45) is 4.99 Å².